The highest BCUT2D eigenvalue weighted by molar-refractivity contribution is 5.79. The molecule has 0 radical (unpaired) electrons. The zero-order chi connectivity index (χ0) is 13.9. The maximum atomic E-state index is 12.1. The summed E-state index contributed by atoms with van der Waals surface area (Å²) in [5.41, 5.74) is 7.56. The number of anilines is 1. The minimum Gasteiger partial charge on any atom is -0.378 e. The summed E-state index contributed by atoms with van der Waals surface area (Å²) < 4.78 is 7.10. The molecule has 1 aliphatic heterocycles. The van der Waals surface area contributed by atoms with Crippen LogP contribution in [0.4, 0.5) is 5.95 Å². The van der Waals surface area contributed by atoms with E-state index in [-0.39, 0.29) is 5.91 Å². The summed E-state index contributed by atoms with van der Waals surface area (Å²) >= 11 is 0. The molecule has 1 amide bonds. The summed E-state index contributed by atoms with van der Waals surface area (Å²) in [6.07, 6.45) is 3.79. The second-order valence-electron chi connectivity index (χ2n) is 4.73. The van der Waals surface area contributed by atoms with Gasteiger partial charge in [0, 0.05) is 32.3 Å². The van der Waals surface area contributed by atoms with Gasteiger partial charge < -0.3 is 19.9 Å². The van der Waals surface area contributed by atoms with E-state index in [0.717, 1.165) is 11.0 Å². The number of aryl methyl sites for hydroxylation is 1. The maximum Gasteiger partial charge on any atom is 0.224 e. The molecule has 1 aliphatic rings. The van der Waals surface area contributed by atoms with Crippen LogP contribution in [-0.2, 0) is 16.1 Å². The number of nitrogens with zero attached hydrogens (tertiary/aromatic N) is 4. The first-order chi connectivity index (χ1) is 9.75. The van der Waals surface area contributed by atoms with Gasteiger partial charge >= 0.3 is 0 Å². The maximum absolute atomic E-state index is 12.1. The zero-order valence-corrected chi connectivity index (χ0v) is 11.2. The standard InChI is InChI=1S/C13H17N5O2/c14-13-16-10-9-15-3-1-11(10)18(13)4-2-12(19)17-5-7-20-8-6-17/h1,3,9H,2,4-8H2,(H2,14,16). The molecule has 0 spiro atoms. The van der Waals surface area contributed by atoms with Gasteiger partial charge in [-0.1, -0.05) is 0 Å². The Morgan fingerprint density at radius 2 is 2.20 bits per heavy atom. The van der Waals surface area contributed by atoms with E-state index in [0.29, 0.717) is 45.2 Å². The van der Waals surface area contributed by atoms with Gasteiger partial charge in [-0.2, -0.15) is 0 Å². The number of amides is 1. The van der Waals surface area contributed by atoms with E-state index in [1.807, 2.05) is 15.5 Å². The fraction of sp³-hybridized carbons (Fsp3) is 0.462. The number of hydrogen-bond acceptors (Lipinski definition) is 5. The van der Waals surface area contributed by atoms with E-state index >= 15 is 0 Å². The number of rotatable bonds is 3. The van der Waals surface area contributed by atoms with Gasteiger partial charge in [0.1, 0.15) is 5.52 Å². The Kier molecular flexibility index (Phi) is 3.51. The van der Waals surface area contributed by atoms with E-state index < -0.39 is 0 Å². The lowest BCUT2D eigenvalue weighted by Gasteiger charge is -2.27. The third kappa shape index (κ3) is 2.44. The number of pyridine rings is 1. The quantitative estimate of drug-likeness (QED) is 0.868. The lowest BCUT2D eigenvalue weighted by atomic mass is 10.3. The Labute approximate surface area is 116 Å². The van der Waals surface area contributed by atoms with Crippen molar-refractivity contribution >= 4 is 22.9 Å². The van der Waals surface area contributed by atoms with Crippen molar-refractivity contribution in [3.05, 3.63) is 18.5 Å². The van der Waals surface area contributed by atoms with Crippen molar-refractivity contribution in [1.82, 2.24) is 19.4 Å². The first-order valence-corrected chi connectivity index (χ1v) is 6.67. The number of nitrogen functional groups attached to an aromatic ring is 1. The Balaban J connectivity index is 1.70. The Hall–Kier alpha value is -2.15. The highest BCUT2D eigenvalue weighted by Crippen LogP contribution is 2.17. The average Bonchev–Trinajstić information content (AvgIpc) is 2.81. The molecule has 7 nitrogen and oxygen atoms in total. The van der Waals surface area contributed by atoms with Crippen molar-refractivity contribution in [2.24, 2.45) is 0 Å². The van der Waals surface area contributed by atoms with Gasteiger partial charge in [0.05, 0.1) is 24.9 Å². The van der Waals surface area contributed by atoms with Crippen LogP contribution in [0, 0.1) is 0 Å². The van der Waals surface area contributed by atoms with Crippen LogP contribution in [0.3, 0.4) is 0 Å². The summed E-state index contributed by atoms with van der Waals surface area (Å²) in [5, 5.41) is 0. The highest BCUT2D eigenvalue weighted by atomic mass is 16.5. The van der Waals surface area contributed by atoms with Gasteiger partial charge in [-0.3, -0.25) is 9.78 Å². The molecule has 0 aliphatic carbocycles. The molecule has 0 atom stereocenters. The summed E-state index contributed by atoms with van der Waals surface area (Å²) in [4.78, 5) is 22.2. The highest BCUT2D eigenvalue weighted by Gasteiger charge is 2.17. The number of aromatic nitrogens is 3. The van der Waals surface area contributed by atoms with Gasteiger partial charge in [0.2, 0.25) is 11.9 Å². The van der Waals surface area contributed by atoms with Crippen LogP contribution >= 0.6 is 0 Å². The Morgan fingerprint density at radius 3 is 3.00 bits per heavy atom. The van der Waals surface area contributed by atoms with Gasteiger partial charge in [0.15, 0.2) is 0 Å². The monoisotopic (exact) mass is 275 g/mol. The summed E-state index contributed by atoms with van der Waals surface area (Å²) in [6, 6.07) is 1.86. The van der Waals surface area contributed by atoms with E-state index in [4.69, 9.17) is 10.5 Å². The zero-order valence-electron chi connectivity index (χ0n) is 11.2. The second kappa shape index (κ2) is 5.46. The molecule has 2 aromatic heterocycles. The van der Waals surface area contributed by atoms with Gasteiger partial charge in [-0.05, 0) is 6.07 Å². The number of ether oxygens (including phenoxy) is 1. The number of imidazole rings is 1. The van der Waals surface area contributed by atoms with Crippen LogP contribution in [0.15, 0.2) is 18.5 Å². The van der Waals surface area contributed by atoms with Gasteiger partial charge in [-0.15, -0.1) is 0 Å². The first kappa shape index (κ1) is 12.9. The topological polar surface area (TPSA) is 86.3 Å². The smallest absolute Gasteiger partial charge is 0.224 e. The molecule has 7 heteroatoms. The summed E-state index contributed by atoms with van der Waals surface area (Å²) in [5.74, 6) is 0.548. The van der Waals surface area contributed by atoms with E-state index in [1.165, 1.54) is 0 Å². The molecule has 0 unspecified atom stereocenters. The number of carbonyl (C=O) groups excluding carboxylic acids is 1. The minimum absolute atomic E-state index is 0.128. The third-order valence-electron chi connectivity index (χ3n) is 3.49. The van der Waals surface area contributed by atoms with E-state index in [9.17, 15) is 4.79 Å². The fourth-order valence-electron chi connectivity index (χ4n) is 2.41. The van der Waals surface area contributed by atoms with E-state index in [1.54, 1.807) is 12.4 Å². The normalized spacial score (nSPS) is 15.7. The molecule has 2 N–H and O–H groups in total. The Bertz CT molecular complexity index is 618. The van der Waals surface area contributed by atoms with Crippen molar-refractivity contribution in [3.63, 3.8) is 0 Å². The largest absolute Gasteiger partial charge is 0.378 e. The Morgan fingerprint density at radius 1 is 1.40 bits per heavy atom. The molecule has 3 rings (SSSR count). The molecule has 0 saturated carbocycles. The predicted octanol–water partition coefficient (Wildman–Crippen LogP) is 0.262. The van der Waals surface area contributed by atoms with Crippen LogP contribution < -0.4 is 5.73 Å². The number of carbonyl (C=O) groups is 1. The molecule has 3 heterocycles. The van der Waals surface area contributed by atoms with Crippen LogP contribution in [0.25, 0.3) is 11.0 Å². The fourth-order valence-corrected chi connectivity index (χ4v) is 2.41. The van der Waals surface area contributed by atoms with Crippen LogP contribution in [-0.4, -0.2) is 51.6 Å². The lowest BCUT2D eigenvalue weighted by Crippen LogP contribution is -2.41. The van der Waals surface area contributed by atoms with Gasteiger partial charge in [-0.25, -0.2) is 4.98 Å². The molecule has 106 valence electrons. The van der Waals surface area contributed by atoms with E-state index in [2.05, 4.69) is 9.97 Å². The van der Waals surface area contributed by atoms with Crippen molar-refractivity contribution in [2.45, 2.75) is 13.0 Å². The van der Waals surface area contributed by atoms with Crippen LogP contribution in [0.5, 0.6) is 0 Å². The molecule has 20 heavy (non-hydrogen) atoms. The number of hydrogen-bond donors (Lipinski definition) is 1. The average molecular weight is 275 g/mol. The molecule has 1 fully saturated rings. The molecule has 1 saturated heterocycles. The molecular formula is C13H17N5O2. The third-order valence-corrected chi connectivity index (χ3v) is 3.49. The van der Waals surface area contributed by atoms with Crippen LogP contribution in [0.1, 0.15) is 6.42 Å². The minimum atomic E-state index is 0.128. The van der Waals surface area contributed by atoms with Crippen molar-refractivity contribution in [3.8, 4) is 0 Å². The number of nitrogens with two attached hydrogens (primary N) is 1. The summed E-state index contributed by atoms with van der Waals surface area (Å²) in [7, 11) is 0. The van der Waals surface area contributed by atoms with Crippen molar-refractivity contribution < 1.29 is 9.53 Å². The first-order valence-electron chi connectivity index (χ1n) is 6.67. The molecule has 0 bridgehead atoms. The number of fused-ring (bicyclic) bond motifs is 1. The van der Waals surface area contributed by atoms with Crippen molar-refractivity contribution in [1.29, 1.82) is 0 Å². The molecule has 0 aromatic carbocycles. The number of morpholine rings is 1. The molecule has 2 aromatic rings. The van der Waals surface area contributed by atoms with Crippen LogP contribution in [0.2, 0.25) is 0 Å². The van der Waals surface area contributed by atoms with Gasteiger partial charge in [0.25, 0.3) is 0 Å². The lowest BCUT2D eigenvalue weighted by molar-refractivity contribution is -0.135. The van der Waals surface area contributed by atoms with Crippen molar-refractivity contribution in [2.75, 3.05) is 32.0 Å². The second-order valence-corrected chi connectivity index (χ2v) is 4.73. The molecular weight excluding hydrogens is 258 g/mol. The predicted molar refractivity (Wildman–Crippen MR) is 74.0 cm³/mol. The SMILES string of the molecule is Nc1nc2cnccc2n1CCC(=O)N1CCOCC1. The summed E-state index contributed by atoms with van der Waals surface area (Å²) in [6.45, 7) is 3.11.